The van der Waals surface area contributed by atoms with Crippen LogP contribution >= 0.6 is 0 Å². The third kappa shape index (κ3) is 2.56. The molecule has 5 nitrogen and oxygen atoms in total. The number of hydrogen-bond donors (Lipinski definition) is 2. The smallest absolute Gasteiger partial charge is 0.221 e. The lowest BCUT2D eigenvalue weighted by Gasteiger charge is -2.40. The van der Waals surface area contributed by atoms with Crippen molar-refractivity contribution in [3.8, 4) is 0 Å². The van der Waals surface area contributed by atoms with E-state index in [0.29, 0.717) is 12.5 Å². The minimum absolute atomic E-state index is 0.299. The molecule has 100 valence electrons. The summed E-state index contributed by atoms with van der Waals surface area (Å²) >= 11 is 0. The quantitative estimate of drug-likeness (QED) is 0.847. The maximum absolute atomic E-state index is 10.4. The van der Waals surface area contributed by atoms with E-state index in [1.807, 2.05) is 6.92 Å². The second-order valence-electron chi connectivity index (χ2n) is 5.03. The number of nitrogen functional groups attached to an aromatic ring is 1. The normalized spacial score (nSPS) is 24.3. The largest absolute Gasteiger partial charge is 0.388 e. The van der Waals surface area contributed by atoms with Gasteiger partial charge in [0.1, 0.15) is 5.82 Å². The number of aliphatic hydroxyl groups is 1. The van der Waals surface area contributed by atoms with Crippen LogP contribution in [-0.2, 0) is 6.42 Å². The van der Waals surface area contributed by atoms with Gasteiger partial charge in [-0.25, -0.2) is 4.98 Å². The molecule has 18 heavy (non-hydrogen) atoms. The molecule has 1 aliphatic heterocycles. The lowest BCUT2D eigenvalue weighted by Crippen LogP contribution is -2.48. The summed E-state index contributed by atoms with van der Waals surface area (Å²) in [5, 5.41) is 10.4. The van der Waals surface area contributed by atoms with Crippen molar-refractivity contribution in [1.82, 2.24) is 9.97 Å². The highest BCUT2D eigenvalue weighted by molar-refractivity contribution is 5.49. The number of hydrogen-bond acceptors (Lipinski definition) is 5. The molecule has 2 heterocycles. The fourth-order valence-electron chi connectivity index (χ4n) is 2.52. The Kier molecular flexibility index (Phi) is 3.71. The van der Waals surface area contributed by atoms with Gasteiger partial charge in [-0.15, -0.1) is 0 Å². The van der Waals surface area contributed by atoms with E-state index < -0.39 is 5.60 Å². The van der Waals surface area contributed by atoms with Crippen molar-refractivity contribution in [2.75, 3.05) is 23.7 Å². The summed E-state index contributed by atoms with van der Waals surface area (Å²) in [5.74, 6) is 1.18. The number of rotatable bonds is 3. The molecule has 2 rings (SSSR count). The number of anilines is 2. The van der Waals surface area contributed by atoms with Crippen LogP contribution in [0.2, 0.25) is 0 Å². The predicted octanol–water partition coefficient (Wildman–Crippen LogP) is 1.36. The average Bonchev–Trinajstić information content (AvgIpc) is 2.39. The van der Waals surface area contributed by atoms with Gasteiger partial charge in [0.2, 0.25) is 5.95 Å². The van der Waals surface area contributed by atoms with E-state index in [4.69, 9.17) is 5.73 Å². The standard InChI is InChI=1S/C13H22N4O/c1-3-10-8-15-12(14)16-11(10)17-7-5-6-13(18,4-2)9-17/h8,18H,3-7,9H2,1-2H3,(H2,14,15,16). The van der Waals surface area contributed by atoms with Crippen LogP contribution in [0.1, 0.15) is 38.7 Å². The van der Waals surface area contributed by atoms with E-state index in [0.717, 1.165) is 43.6 Å². The monoisotopic (exact) mass is 250 g/mol. The van der Waals surface area contributed by atoms with Gasteiger partial charge in [0.05, 0.1) is 5.60 Å². The van der Waals surface area contributed by atoms with Gasteiger partial charge in [-0.05, 0) is 25.7 Å². The zero-order valence-electron chi connectivity index (χ0n) is 11.2. The van der Waals surface area contributed by atoms with Crippen molar-refractivity contribution in [1.29, 1.82) is 0 Å². The van der Waals surface area contributed by atoms with Crippen LogP contribution in [0, 0.1) is 0 Å². The molecule has 1 saturated heterocycles. The summed E-state index contributed by atoms with van der Waals surface area (Å²) in [7, 11) is 0. The highest BCUT2D eigenvalue weighted by atomic mass is 16.3. The van der Waals surface area contributed by atoms with Gasteiger partial charge < -0.3 is 15.7 Å². The molecule has 0 saturated carbocycles. The molecule has 1 unspecified atom stereocenters. The van der Waals surface area contributed by atoms with Crippen molar-refractivity contribution in [3.05, 3.63) is 11.8 Å². The predicted molar refractivity (Wildman–Crippen MR) is 72.5 cm³/mol. The lowest BCUT2D eigenvalue weighted by molar-refractivity contribution is 0.0221. The van der Waals surface area contributed by atoms with Crippen LogP contribution < -0.4 is 10.6 Å². The third-order valence-corrected chi connectivity index (χ3v) is 3.75. The van der Waals surface area contributed by atoms with E-state index in [9.17, 15) is 5.11 Å². The zero-order chi connectivity index (χ0) is 13.2. The molecule has 0 bridgehead atoms. The second-order valence-corrected chi connectivity index (χ2v) is 5.03. The van der Waals surface area contributed by atoms with E-state index in [1.165, 1.54) is 0 Å². The molecule has 0 spiro atoms. The van der Waals surface area contributed by atoms with Crippen molar-refractivity contribution in [2.24, 2.45) is 0 Å². The van der Waals surface area contributed by atoms with Crippen LogP contribution in [-0.4, -0.2) is 33.8 Å². The highest BCUT2D eigenvalue weighted by Crippen LogP contribution is 2.29. The summed E-state index contributed by atoms with van der Waals surface area (Å²) in [6.07, 6.45) is 5.28. The Morgan fingerprint density at radius 3 is 2.94 bits per heavy atom. The number of β-amino-alcohol motifs (C(OH)–C–C–N with tert-alkyl or cyclic N) is 1. The minimum atomic E-state index is -0.594. The summed E-state index contributed by atoms with van der Waals surface area (Å²) < 4.78 is 0. The Hall–Kier alpha value is -1.36. The number of aryl methyl sites for hydroxylation is 1. The Morgan fingerprint density at radius 2 is 2.28 bits per heavy atom. The number of nitrogens with two attached hydrogens (primary N) is 1. The van der Waals surface area contributed by atoms with Crippen molar-refractivity contribution in [3.63, 3.8) is 0 Å². The Morgan fingerprint density at radius 1 is 1.50 bits per heavy atom. The summed E-state index contributed by atoms with van der Waals surface area (Å²) in [4.78, 5) is 10.5. The van der Waals surface area contributed by atoms with Gasteiger partial charge in [-0.2, -0.15) is 4.98 Å². The molecule has 0 aromatic carbocycles. The number of piperidine rings is 1. The van der Waals surface area contributed by atoms with Gasteiger partial charge >= 0.3 is 0 Å². The molecule has 0 radical (unpaired) electrons. The molecule has 0 amide bonds. The first kappa shape index (κ1) is 13.1. The Balaban J connectivity index is 2.28. The fraction of sp³-hybridized carbons (Fsp3) is 0.692. The zero-order valence-corrected chi connectivity index (χ0v) is 11.2. The topological polar surface area (TPSA) is 75.3 Å². The van der Waals surface area contributed by atoms with Crippen LogP contribution in [0.25, 0.3) is 0 Å². The average molecular weight is 250 g/mol. The number of nitrogens with zero attached hydrogens (tertiary/aromatic N) is 3. The van der Waals surface area contributed by atoms with Crippen LogP contribution in [0.15, 0.2) is 6.20 Å². The van der Waals surface area contributed by atoms with E-state index in [1.54, 1.807) is 6.20 Å². The summed E-state index contributed by atoms with van der Waals surface area (Å²) in [6, 6.07) is 0. The molecule has 1 atom stereocenters. The minimum Gasteiger partial charge on any atom is -0.388 e. The second kappa shape index (κ2) is 5.10. The number of aromatic nitrogens is 2. The maximum Gasteiger partial charge on any atom is 0.221 e. The fourth-order valence-corrected chi connectivity index (χ4v) is 2.52. The molecule has 5 heteroatoms. The first-order valence-corrected chi connectivity index (χ1v) is 6.66. The van der Waals surface area contributed by atoms with Crippen LogP contribution in [0.4, 0.5) is 11.8 Å². The van der Waals surface area contributed by atoms with E-state index in [2.05, 4.69) is 21.8 Å². The van der Waals surface area contributed by atoms with E-state index >= 15 is 0 Å². The van der Waals surface area contributed by atoms with Gasteiger partial charge in [-0.1, -0.05) is 13.8 Å². The Labute approximate surface area is 108 Å². The summed E-state index contributed by atoms with van der Waals surface area (Å²) in [5.41, 5.74) is 6.17. The Bertz CT molecular complexity index is 423. The van der Waals surface area contributed by atoms with Gasteiger partial charge in [0.25, 0.3) is 0 Å². The molecule has 1 fully saturated rings. The van der Waals surface area contributed by atoms with Gasteiger partial charge in [0.15, 0.2) is 0 Å². The third-order valence-electron chi connectivity index (χ3n) is 3.75. The highest BCUT2D eigenvalue weighted by Gasteiger charge is 2.32. The van der Waals surface area contributed by atoms with Gasteiger partial charge in [0, 0.05) is 24.8 Å². The molecule has 1 aromatic rings. The van der Waals surface area contributed by atoms with E-state index in [-0.39, 0.29) is 0 Å². The maximum atomic E-state index is 10.4. The summed E-state index contributed by atoms with van der Waals surface area (Å²) in [6.45, 7) is 5.66. The van der Waals surface area contributed by atoms with Crippen molar-refractivity contribution < 1.29 is 5.11 Å². The first-order valence-electron chi connectivity index (χ1n) is 6.66. The SMILES string of the molecule is CCc1cnc(N)nc1N1CCCC(O)(CC)C1. The first-order chi connectivity index (χ1) is 8.58. The lowest BCUT2D eigenvalue weighted by atomic mass is 9.90. The van der Waals surface area contributed by atoms with Crippen molar-refractivity contribution >= 4 is 11.8 Å². The van der Waals surface area contributed by atoms with Crippen LogP contribution in [0.5, 0.6) is 0 Å². The van der Waals surface area contributed by atoms with Gasteiger partial charge in [-0.3, -0.25) is 0 Å². The molecular formula is C13H22N4O. The molecule has 1 aliphatic rings. The van der Waals surface area contributed by atoms with Crippen LogP contribution in [0.3, 0.4) is 0 Å². The molecular weight excluding hydrogens is 228 g/mol. The van der Waals surface area contributed by atoms with Crippen molar-refractivity contribution in [2.45, 2.75) is 45.1 Å². The molecule has 1 aromatic heterocycles. The molecule has 0 aliphatic carbocycles. The molecule has 3 N–H and O–H groups in total.